The molecule has 1 aromatic rings. The van der Waals surface area contributed by atoms with Gasteiger partial charge in [0.15, 0.2) is 0 Å². The molecule has 82 valence electrons. The highest BCUT2D eigenvalue weighted by Crippen LogP contribution is 2.34. The largest absolute Gasteiger partial charge is 0.384 e. The molecule has 3 heteroatoms. The quantitative estimate of drug-likeness (QED) is 0.768. The zero-order valence-corrected chi connectivity index (χ0v) is 9.64. The minimum atomic E-state index is -0.790. The van der Waals surface area contributed by atoms with Crippen LogP contribution >= 0.6 is 11.6 Å². The van der Waals surface area contributed by atoms with E-state index in [9.17, 15) is 5.11 Å². The van der Waals surface area contributed by atoms with Gasteiger partial charge in [0.05, 0.1) is 0 Å². The third kappa shape index (κ3) is 2.03. The molecule has 0 saturated carbocycles. The van der Waals surface area contributed by atoms with E-state index in [1.54, 1.807) is 0 Å². The fraction of sp³-hybridized carbons (Fsp3) is 0.500. The van der Waals surface area contributed by atoms with Gasteiger partial charge in [-0.05, 0) is 31.9 Å². The molecule has 0 bridgehead atoms. The molecule has 1 atom stereocenters. The van der Waals surface area contributed by atoms with Crippen molar-refractivity contribution in [2.24, 2.45) is 0 Å². The first kappa shape index (κ1) is 10.9. The van der Waals surface area contributed by atoms with Crippen LogP contribution in [0.2, 0.25) is 5.02 Å². The van der Waals surface area contributed by atoms with E-state index >= 15 is 0 Å². The van der Waals surface area contributed by atoms with Crippen molar-refractivity contribution >= 4 is 11.6 Å². The molecular formula is C12H16ClNO. The lowest BCUT2D eigenvalue weighted by atomic mass is 9.86. The highest BCUT2D eigenvalue weighted by molar-refractivity contribution is 6.32. The number of hydrogen-bond acceptors (Lipinski definition) is 2. The Kier molecular flexibility index (Phi) is 3.01. The summed E-state index contributed by atoms with van der Waals surface area (Å²) in [6.07, 6.45) is 1.77. The van der Waals surface area contributed by atoms with E-state index in [2.05, 4.69) is 5.32 Å². The van der Waals surface area contributed by atoms with E-state index in [0.29, 0.717) is 11.6 Å². The average molecular weight is 226 g/mol. The van der Waals surface area contributed by atoms with Gasteiger partial charge in [0, 0.05) is 17.1 Å². The first-order valence-electron chi connectivity index (χ1n) is 5.32. The van der Waals surface area contributed by atoms with Crippen LogP contribution < -0.4 is 5.32 Å². The van der Waals surface area contributed by atoms with Gasteiger partial charge < -0.3 is 10.4 Å². The van der Waals surface area contributed by atoms with Crippen molar-refractivity contribution in [1.29, 1.82) is 0 Å². The van der Waals surface area contributed by atoms with E-state index in [1.807, 2.05) is 25.1 Å². The summed E-state index contributed by atoms with van der Waals surface area (Å²) in [5.74, 6) is 0. The van der Waals surface area contributed by atoms with E-state index in [0.717, 1.165) is 30.5 Å². The summed E-state index contributed by atoms with van der Waals surface area (Å²) in [6.45, 7) is 3.54. The second kappa shape index (κ2) is 4.12. The molecule has 0 aromatic heterocycles. The molecule has 1 saturated heterocycles. The Morgan fingerprint density at radius 2 is 2.27 bits per heavy atom. The van der Waals surface area contributed by atoms with Crippen LogP contribution in [0, 0.1) is 6.92 Å². The number of piperidine rings is 1. The molecule has 1 heterocycles. The Morgan fingerprint density at radius 3 is 2.93 bits per heavy atom. The summed E-state index contributed by atoms with van der Waals surface area (Å²) in [5.41, 5.74) is 1.09. The van der Waals surface area contributed by atoms with Crippen molar-refractivity contribution in [2.45, 2.75) is 25.4 Å². The summed E-state index contributed by atoms with van der Waals surface area (Å²) >= 11 is 6.23. The van der Waals surface area contributed by atoms with Crippen molar-refractivity contribution in [3.8, 4) is 0 Å². The maximum atomic E-state index is 10.5. The Labute approximate surface area is 95.3 Å². The molecule has 0 radical (unpaired) electrons. The van der Waals surface area contributed by atoms with Gasteiger partial charge in [-0.3, -0.25) is 0 Å². The van der Waals surface area contributed by atoms with Gasteiger partial charge in [-0.1, -0.05) is 29.8 Å². The lowest BCUT2D eigenvalue weighted by Crippen LogP contribution is -2.43. The molecule has 0 spiro atoms. The van der Waals surface area contributed by atoms with E-state index in [1.165, 1.54) is 0 Å². The monoisotopic (exact) mass is 225 g/mol. The van der Waals surface area contributed by atoms with Crippen molar-refractivity contribution in [2.75, 3.05) is 13.1 Å². The van der Waals surface area contributed by atoms with Crippen molar-refractivity contribution in [3.05, 3.63) is 34.3 Å². The second-order valence-electron chi connectivity index (χ2n) is 4.25. The minimum Gasteiger partial charge on any atom is -0.384 e. The van der Waals surface area contributed by atoms with Crippen LogP contribution in [0.25, 0.3) is 0 Å². The normalized spacial score (nSPS) is 26.6. The van der Waals surface area contributed by atoms with Crippen LogP contribution in [0.5, 0.6) is 0 Å². The molecule has 1 fully saturated rings. The number of aliphatic hydroxyl groups is 1. The fourth-order valence-electron chi connectivity index (χ4n) is 2.13. The van der Waals surface area contributed by atoms with Gasteiger partial charge in [0.1, 0.15) is 5.60 Å². The summed E-state index contributed by atoms with van der Waals surface area (Å²) in [5, 5.41) is 14.4. The molecule has 1 aliphatic heterocycles. The molecule has 0 aliphatic carbocycles. The van der Waals surface area contributed by atoms with E-state index < -0.39 is 5.60 Å². The summed E-state index contributed by atoms with van der Waals surface area (Å²) < 4.78 is 0. The van der Waals surface area contributed by atoms with E-state index in [4.69, 9.17) is 11.6 Å². The number of halogens is 1. The molecule has 2 nitrogen and oxygen atoms in total. The molecule has 1 aliphatic rings. The van der Waals surface area contributed by atoms with Crippen LogP contribution in [-0.4, -0.2) is 18.2 Å². The molecule has 2 rings (SSSR count). The molecule has 1 unspecified atom stereocenters. The Balaban J connectivity index is 2.39. The van der Waals surface area contributed by atoms with Gasteiger partial charge in [0.25, 0.3) is 0 Å². The Hall–Kier alpha value is -0.570. The maximum Gasteiger partial charge on any atom is 0.103 e. The Bertz CT molecular complexity index is 359. The van der Waals surface area contributed by atoms with E-state index in [-0.39, 0.29) is 0 Å². The fourth-order valence-corrected chi connectivity index (χ4v) is 2.43. The lowest BCUT2D eigenvalue weighted by molar-refractivity contribution is 0.0124. The van der Waals surface area contributed by atoms with Gasteiger partial charge >= 0.3 is 0 Å². The lowest BCUT2D eigenvalue weighted by Gasteiger charge is -2.34. The molecule has 1 aromatic carbocycles. The zero-order valence-electron chi connectivity index (χ0n) is 8.89. The number of nitrogens with one attached hydrogen (secondary N) is 1. The summed E-state index contributed by atoms with van der Waals surface area (Å²) in [4.78, 5) is 0. The number of aryl methyl sites for hydroxylation is 1. The first-order valence-corrected chi connectivity index (χ1v) is 5.70. The van der Waals surface area contributed by atoms with Crippen molar-refractivity contribution < 1.29 is 5.11 Å². The third-order valence-corrected chi connectivity index (χ3v) is 3.56. The Morgan fingerprint density at radius 1 is 1.47 bits per heavy atom. The number of hydrogen-bond donors (Lipinski definition) is 2. The number of rotatable bonds is 1. The number of β-amino-alcohol motifs (C(OH)–C–C–N with tert-alkyl or cyclic N) is 1. The molecule has 15 heavy (non-hydrogen) atoms. The maximum absolute atomic E-state index is 10.5. The summed E-state index contributed by atoms with van der Waals surface area (Å²) in [6, 6.07) is 5.83. The van der Waals surface area contributed by atoms with Crippen molar-refractivity contribution in [3.63, 3.8) is 0 Å². The SMILES string of the molecule is Cc1cccc(C2(O)CCCNC2)c1Cl. The van der Waals surface area contributed by atoms with Gasteiger partial charge in [-0.15, -0.1) is 0 Å². The molecular weight excluding hydrogens is 210 g/mol. The van der Waals surface area contributed by atoms with Gasteiger partial charge in [0.2, 0.25) is 0 Å². The highest BCUT2D eigenvalue weighted by atomic mass is 35.5. The van der Waals surface area contributed by atoms with Gasteiger partial charge in [-0.2, -0.15) is 0 Å². The topological polar surface area (TPSA) is 32.3 Å². The molecule has 2 N–H and O–H groups in total. The first-order chi connectivity index (χ1) is 7.13. The smallest absolute Gasteiger partial charge is 0.103 e. The second-order valence-corrected chi connectivity index (χ2v) is 4.63. The average Bonchev–Trinajstić information content (AvgIpc) is 2.23. The van der Waals surface area contributed by atoms with Crippen LogP contribution in [0.4, 0.5) is 0 Å². The molecule has 0 amide bonds. The van der Waals surface area contributed by atoms with Crippen LogP contribution in [-0.2, 0) is 5.60 Å². The third-order valence-electron chi connectivity index (χ3n) is 3.05. The predicted molar refractivity (Wildman–Crippen MR) is 62.2 cm³/mol. The summed E-state index contributed by atoms with van der Waals surface area (Å²) in [7, 11) is 0. The number of benzene rings is 1. The van der Waals surface area contributed by atoms with Crippen molar-refractivity contribution in [1.82, 2.24) is 5.32 Å². The van der Waals surface area contributed by atoms with Crippen LogP contribution in [0.15, 0.2) is 18.2 Å². The van der Waals surface area contributed by atoms with Crippen LogP contribution in [0.1, 0.15) is 24.0 Å². The standard InChI is InChI=1S/C12H16ClNO/c1-9-4-2-5-10(11(9)13)12(15)6-3-7-14-8-12/h2,4-5,14-15H,3,6-8H2,1H3. The zero-order chi connectivity index (χ0) is 10.9. The highest BCUT2D eigenvalue weighted by Gasteiger charge is 2.33. The minimum absolute atomic E-state index is 0.593. The van der Waals surface area contributed by atoms with Gasteiger partial charge in [-0.25, -0.2) is 0 Å². The van der Waals surface area contributed by atoms with Crippen LogP contribution in [0.3, 0.4) is 0 Å². The predicted octanol–water partition coefficient (Wildman–Crippen LogP) is 2.22.